The summed E-state index contributed by atoms with van der Waals surface area (Å²) in [5.74, 6) is 1.87. The summed E-state index contributed by atoms with van der Waals surface area (Å²) in [5, 5.41) is 12.6. The number of thioether (sulfide) groups is 1. The van der Waals surface area contributed by atoms with Crippen molar-refractivity contribution >= 4 is 29.1 Å². The fourth-order valence-corrected chi connectivity index (χ4v) is 5.08. The van der Waals surface area contributed by atoms with Crippen molar-refractivity contribution in [1.82, 2.24) is 14.8 Å². The van der Waals surface area contributed by atoms with Crippen LogP contribution in [0.5, 0.6) is 5.75 Å². The van der Waals surface area contributed by atoms with E-state index >= 15 is 0 Å². The molecule has 0 unspecified atom stereocenters. The van der Waals surface area contributed by atoms with Gasteiger partial charge < -0.3 is 10.1 Å². The van der Waals surface area contributed by atoms with Crippen molar-refractivity contribution in [2.45, 2.75) is 56.6 Å². The summed E-state index contributed by atoms with van der Waals surface area (Å²) in [6.07, 6.45) is 6.23. The van der Waals surface area contributed by atoms with Crippen LogP contribution in [0.3, 0.4) is 0 Å². The fraction of sp³-hybridized carbons (Fsp3) is 0.385. The third kappa shape index (κ3) is 5.67. The number of hydrogen-bond acceptors (Lipinski definition) is 6. The highest BCUT2D eigenvalue weighted by Gasteiger charge is 2.24. The highest BCUT2D eigenvalue weighted by atomic mass is 32.2. The van der Waals surface area contributed by atoms with Crippen molar-refractivity contribution in [3.8, 4) is 17.1 Å². The number of ether oxygens (including phenoxy) is 1. The van der Waals surface area contributed by atoms with Crippen LogP contribution in [0.2, 0.25) is 0 Å². The first-order valence-electron chi connectivity index (χ1n) is 11.7. The second-order valence-electron chi connectivity index (χ2n) is 8.39. The number of benzene rings is 2. The number of amides is 1. The Kier molecular flexibility index (Phi) is 8.00. The van der Waals surface area contributed by atoms with E-state index in [0.29, 0.717) is 23.7 Å². The van der Waals surface area contributed by atoms with Gasteiger partial charge in [0.1, 0.15) is 5.75 Å². The Bertz CT molecular complexity index is 1120. The van der Waals surface area contributed by atoms with Gasteiger partial charge in [-0.15, -0.1) is 10.2 Å². The van der Waals surface area contributed by atoms with Crippen LogP contribution in [0.25, 0.3) is 11.4 Å². The topological polar surface area (TPSA) is 86.1 Å². The van der Waals surface area contributed by atoms with Gasteiger partial charge in [0.25, 0.3) is 0 Å². The maximum Gasteiger partial charge on any atom is 0.224 e. The second-order valence-corrected chi connectivity index (χ2v) is 9.33. The number of carbonyl (C=O) groups excluding carboxylic acids is 2. The highest BCUT2D eigenvalue weighted by Crippen LogP contribution is 2.36. The van der Waals surface area contributed by atoms with Gasteiger partial charge in [0, 0.05) is 29.3 Å². The van der Waals surface area contributed by atoms with E-state index in [1.807, 2.05) is 24.3 Å². The zero-order chi connectivity index (χ0) is 23.9. The largest absolute Gasteiger partial charge is 0.497 e. The van der Waals surface area contributed by atoms with Crippen LogP contribution in [0, 0.1) is 0 Å². The number of Topliss-reactive ketones (excluding diaryl/α,β-unsaturated/α-hetero) is 1. The Labute approximate surface area is 204 Å². The minimum absolute atomic E-state index is 0.0163. The molecule has 1 fully saturated rings. The summed E-state index contributed by atoms with van der Waals surface area (Å²) >= 11 is 1.43. The number of nitrogens with zero attached hydrogens (tertiary/aromatic N) is 3. The average Bonchev–Trinajstić information content (AvgIpc) is 3.32. The number of carbonyl (C=O) groups is 2. The Morgan fingerprint density at radius 3 is 2.38 bits per heavy atom. The van der Waals surface area contributed by atoms with Gasteiger partial charge in [0.15, 0.2) is 16.8 Å². The van der Waals surface area contributed by atoms with Crippen LogP contribution in [-0.2, 0) is 4.79 Å². The molecule has 34 heavy (non-hydrogen) atoms. The van der Waals surface area contributed by atoms with Crippen molar-refractivity contribution in [1.29, 1.82) is 0 Å². The van der Waals surface area contributed by atoms with Gasteiger partial charge in [-0.2, -0.15) is 0 Å². The maximum atomic E-state index is 12.9. The van der Waals surface area contributed by atoms with E-state index < -0.39 is 0 Å². The molecule has 0 bridgehead atoms. The van der Waals surface area contributed by atoms with E-state index in [9.17, 15) is 9.59 Å². The first kappa shape index (κ1) is 24.0. The minimum Gasteiger partial charge on any atom is -0.497 e. The van der Waals surface area contributed by atoms with E-state index in [2.05, 4.69) is 20.1 Å². The van der Waals surface area contributed by atoms with Gasteiger partial charge in [-0.3, -0.25) is 14.2 Å². The molecule has 4 rings (SSSR count). The average molecular weight is 479 g/mol. The lowest BCUT2D eigenvalue weighted by Crippen LogP contribution is -2.15. The molecule has 1 saturated carbocycles. The van der Waals surface area contributed by atoms with Crippen LogP contribution < -0.4 is 10.1 Å². The van der Waals surface area contributed by atoms with Crippen molar-refractivity contribution in [2.75, 3.05) is 18.2 Å². The molecular formula is C26H30N4O3S. The van der Waals surface area contributed by atoms with Crippen LogP contribution in [0.4, 0.5) is 5.69 Å². The standard InChI is InChI=1S/C26H30N4O3S/c1-3-24(32)27-20-13-9-18(10-14-20)23(31)17-34-26-29-28-25(19-11-15-22(33-2)16-12-19)30(26)21-7-5-4-6-8-21/h9-16,21H,3-8,17H2,1-2H3,(H,27,32). The number of aromatic nitrogens is 3. The molecule has 0 spiro atoms. The molecule has 0 atom stereocenters. The molecule has 1 aliphatic rings. The molecule has 2 aromatic carbocycles. The van der Waals surface area contributed by atoms with Crippen LogP contribution in [-0.4, -0.2) is 39.3 Å². The summed E-state index contributed by atoms with van der Waals surface area (Å²) in [4.78, 5) is 24.4. The Hall–Kier alpha value is -3.13. The normalized spacial score (nSPS) is 14.1. The van der Waals surface area contributed by atoms with Crippen LogP contribution in [0.15, 0.2) is 53.7 Å². The summed E-state index contributed by atoms with van der Waals surface area (Å²) in [6.45, 7) is 1.80. The van der Waals surface area contributed by atoms with Crippen molar-refractivity contribution in [2.24, 2.45) is 0 Å². The van der Waals surface area contributed by atoms with Gasteiger partial charge in [-0.25, -0.2) is 0 Å². The zero-order valence-corrected chi connectivity index (χ0v) is 20.4. The van der Waals surface area contributed by atoms with E-state index in [1.165, 1.54) is 31.0 Å². The van der Waals surface area contributed by atoms with Gasteiger partial charge in [0.05, 0.1) is 12.9 Å². The molecule has 1 N–H and O–H groups in total. The summed E-state index contributed by atoms with van der Waals surface area (Å²) in [7, 11) is 1.65. The number of rotatable bonds is 9. The molecule has 178 valence electrons. The Morgan fingerprint density at radius 1 is 1.03 bits per heavy atom. The SMILES string of the molecule is CCC(=O)Nc1ccc(C(=O)CSc2nnc(-c3ccc(OC)cc3)n2C2CCCCC2)cc1. The lowest BCUT2D eigenvalue weighted by atomic mass is 9.95. The summed E-state index contributed by atoms with van der Waals surface area (Å²) in [5.41, 5.74) is 2.29. The maximum absolute atomic E-state index is 12.9. The summed E-state index contributed by atoms with van der Waals surface area (Å²) in [6, 6.07) is 15.2. The molecule has 1 amide bonds. The molecule has 1 aromatic heterocycles. The molecular weight excluding hydrogens is 448 g/mol. The number of anilines is 1. The summed E-state index contributed by atoms with van der Waals surface area (Å²) < 4.78 is 7.52. The molecule has 0 radical (unpaired) electrons. The zero-order valence-electron chi connectivity index (χ0n) is 19.6. The first-order chi connectivity index (χ1) is 16.6. The van der Waals surface area contributed by atoms with Crippen LogP contribution >= 0.6 is 11.8 Å². The quantitative estimate of drug-likeness (QED) is 0.310. The van der Waals surface area contributed by atoms with E-state index in [0.717, 1.165) is 35.1 Å². The van der Waals surface area contributed by atoms with Crippen LogP contribution in [0.1, 0.15) is 61.8 Å². The molecule has 8 heteroatoms. The monoisotopic (exact) mass is 478 g/mol. The lowest BCUT2D eigenvalue weighted by molar-refractivity contribution is -0.115. The lowest BCUT2D eigenvalue weighted by Gasteiger charge is -2.25. The fourth-order valence-electron chi connectivity index (χ4n) is 4.18. The molecule has 0 aliphatic heterocycles. The first-order valence-corrected chi connectivity index (χ1v) is 12.7. The van der Waals surface area contributed by atoms with Gasteiger partial charge >= 0.3 is 0 Å². The molecule has 1 heterocycles. The number of methoxy groups -OCH3 is 1. The third-order valence-corrected chi connectivity index (χ3v) is 7.04. The molecule has 1 aliphatic carbocycles. The molecule has 7 nitrogen and oxygen atoms in total. The predicted octanol–water partition coefficient (Wildman–Crippen LogP) is 5.78. The predicted molar refractivity (Wildman–Crippen MR) is 135 cm³/mol. The molecule has 3 aromatic rings. The Balaban J connectivity index is 1.51. The highest BCUT2D eigenvalue weighted by molar-refractivity contribution is 7.99. The van der Waals surface area contributed by atoms with E-state index in [1.54, 1.807) is 38.3 Å². The molecule has 0 saturated heterocycles. The Morgan fingerprint density at radius 2 is 1.74 bits per heavy atom. The van der Waals surface area contributed by atoms with E-state index in [-0.39, 0.29) is 17.4 Å². The smallest absolute Gasteiger partial charge is 0.224 e. The van der Waals surface area contributed by atoms with Crippen molar-refractivity contribution in [3.05, 3.63) is 54.1 Å². The van der Waals surface area contributed by atoms with Crippen molar-refractivity contribution < 1.29 is 14.3 Å². The third-order valence-electron chi connectivity index (χ3n) is 6.10. The van der Waals surface area contributed by atoms with Gasteiger partial charge in [-0.1, -0.05) is 37.9 Å². The van der Waals surface area contributed by atoms with E-state index in [4.69, 9.17) is 4.74 Å². The number of nitrogens with one attached hydrogen (secondary N) is 1. The van der Waals surface area contributed by atoms with Crippen molar-refractivity contribution in [3.63, 3.8) is 0 Å². The number of ketones is 1. The second kappa shape index (κ2) is 11.3. The minimum atomic E-state index is -0.0515. The van der Waals surface area contributed by atoms with Gasteiger partial charge in [-0.05, 0) is 61.4 Å². The number of hydrogen-bond donors (Lipinski definition) is 1. The van der Waals surface area contributed by atoms with Gasteiger partial charge in [0.2, 0.25) is 5.91 Å².